The summed E-state index contributed by atoms with van der Waals surface area (Å²) in [6.07, 6.45) is 5.91. The fraction of sp³-hybridized carbons (Fsp3) is 0.733. The van der Waals surface area contributed by atoms with Crippen LogP contribution < -0.4 is 10.6 Å². The van der Waals surface area contributed by atoms with Crippen molar-refractivity contribution in [2.45, 2.75) is 32.6 Å². The molecule has 0 aromatic rings. The van der Waals surface area contributed by atoms with E-state index in [4.69, 9.17) is 0 Å². The second-order valence-corrected chi connectivity index (χ2v) is 5.55. The molecule has 1 aliphatic carbocycles. The van der Waals surface area contributed by atoms with E-state index < -0.39 is 0 Å². The molecule has 114 valence electrons. The van der Waals surface area contributed by atoms with Crippen LogP contribution >= 0.6 is 0 Å². The topological polar surface area (TPSA) is 56.7 Å². The van der Waals surface area contributed by atoms with Crippen LogP contribution in [0.2, 0.25) is 0 Å². The molecule has 5 heteroatoms. The molecule has 1 saturated carbocycles. The van der Waals surface area contributed by atoms with Crippen LogP contribution in [0, 0.1) is 5.41 Å². The Hall–Kier alpha value is -1.52. The van der Waals surface area contributed by atoms with Crippen molar-refractivity contribution in [3.8, 4) is 0 Å². The highest BCUT2D eigenvalue weighted by Gasteiger charge is 2.41. The van der Waals surface area contributed by atoms with Crippen LogP contribution in [0.3, 0.4) is 0 Å². The Labute approximate surface area is 122 Å². The third-order valence-electron chi connectivity index (χ3n) is 3.72. The Balaban J connectivity index is 2.78. The third-order valence-corrected chi connectivity index (χ3v) is 3.72. The van der Waals surface area contributed by atoms with Gasteiger partial charge in [-0.2, -0.15) is 0 Å². The normalized spacial score (nSPS) is 17.6. The van der Waals surface area contributed by atoms with Crippen molar-refractivity contribution in [2.24, 2.45) is 10.4 Å². The Bertz CT molecular complexity index is 357. The van der Waals surface area contributed by atoms with E-state index in [-0.39, 0.29) is 11.3 Å². The predicted octanol–water partition coefficient (Wildman–Crippen LogP) is 1.38. The van der Waals surface area contributed by atoms with E-state index in [9.17, 15) is 4.79 Å². The summed E-state index contributed by atoms with van der Waals surface area (Å²) in [7, 11) is 3.65. The third kappa shape index (κ3) is 4.25. The highest BCUT2D eigenvalue weighted by Crippen LogP contribution is 2.39. The highest BCUT2D eigenvalue weighted by molar-refractivity contribution is 5.84. The van der Waals surface area contributed by atoms with Crippen LogP contribution in [0.5, 0.6) is 0 Å². The molecule has 0 atom stereocenters. The van der Waals surface area contributed by atoms with E-state index in [1.807, 2.05) is 21.0 Å². The van der Waals surface area contributed by atoms with Crippen LogP contribution in [0.25, 0.3) is 0 Å². The molecular weight excluding hydrogens is 252 g/mol. The fourth-order valence-electron chi connectivity index (χ4n) is 2.71. The molecule has 0 aliphatic heterocycles. The van der Waals surface area contributed by atoms with Gasteiger partial charge in [-0.25, -0.2) is 0 Å². The van der Waals surface area contributed by atoms with E-state index in [2.05, 4.69) is 22.2 Å². The van der Waals surface area contributed by atoms with Gasteiger partial charge in [-0.05, 0) is 19.8 Å². The summed E-state index contributed by atoms with van der Waals surface area (Å²) in [5, 5.41) is 6.37. The summed E-state index contributed by atoms with van der Waals surface area (Å²) in [4.78, 5) is 18.8. The molecule has 0 saturated heterocycles. The predicted molar refractivity (Wildman–Crippen MR) is 83.8 cm³/mol. The smallest absolute Gasteiger partial charge is 0.230 e. The van der Waals surface area contributed by atoms with Crippen molar-refractivity contribution in [1.29, 1.82) is 0 Å². The first-order valence-corrected chi connectivity index (χ1v) is 7.40. The largest absolute Gasteiger partial charge is 0.357 e. The maximum Gasteiger partial charge on any atom is 0.230 e. The number of hydrogen-bond acceptors (Lipinski definition) is 2. The average Bonchev–Trinajstić information content (AvgIpc) is 2.91. The van der Waals surface area contributed by atoms with Gasteiger partial charge >= 0.3 is 0 Å². The molecule has 5 nitrogen and oxygen atoms in total. The second-order valence-electron chi connectivity index (χ2n) is 5.55. The maximum atomic E-state index is 12.5. The number of guanidine groups is 1. The molecule has 0 radical (unpaired) electrons. The minimum Gasteiger partial charge on any atom is -0.357 e. The van der Waals surface area contributed by atoms with Crippen molar-refractivity contribution in [3.05, 3.63) is 12.7 Å². The monoisotopic (exact) mass is 280 g/mol. The summed E-state index contributed by atoms with van der Waals surface area (Å²) in [5.74, 6) is 0.962. The molecule has 0 unspecified atom stereocenters. The van der Waals surface area contributed by atoms with Gasteiger partial charge < -0.3 is 15.5 Å². The Kier molecular flexibility index (Phi) is 6.55. The SMILES string of the molecule is C=CCNC(=NCC1(C(=O)N(C)C)CCCC1)NCC. The molecule has 2 N–H and O–H groups in total. The van der Waals surface area contributed by atoms with E-state index in [0.717, 1.165) is 38.2 Å². The van der Waals surface area contributed by atoms with E-state index >= 15 is 0 Å². The van der Waals surface area contributed by atoms with Gasteiger partial charge in [0.2, 0.25) is 5.91 Å². The number of aliphatic imine (C=N–C) groups is 1. The van der Waals surface area contributed by atoms with Gasteiger partial charge in [-0.15, -0.1) is 6.58 Å². The lowest BCUT2D eigenvalue weighted by molar-refractivity contribution is -0.138. The first-order valence-electron chi connectivity index (χ1n) is 7.40. The van der Waals surface area contributed by atoms with Crippen molar-refractivity contribution in [2.75, 3.05) is 33.7 Å². The van der Waals surface area contributed by atoms with Gasteiger partial charge in [0.05, 0.1) is 12.0 Å². The molecule has 0 spiro atoms. The molecule has 1 aliphatic rings. The molecule has 0 aromatic heterocycles. The van der Waals surface area contributed by atoms with Crippen LogP contribution in [0.1, 0.15) is 32.6 Å². The minimum atomic E-state index is -0.306. The molecule has 0 bridgehead atoms. The number of hydrogen-bond donors (Lipinski definition) is 2. The van der Waals surface area contributed by atoms with Crippen molar-refractivity contribution >= 4 is 11.9 Å². The van der Waals surface area contributed by atoms with E-state index in [1.54, 1.807) is 11.0 Å². The van der Waals surface area contributed by atoms with Gasteiger partial charge in [-0.1, -0.05) is 18.9 Å². The quantitative estimate of drug-likeness (QED) is 0.439. The summed E-state index contributed by atoms with van der Waals surface area (Å²) < 4.78 is 0. The van der Waals surface area contributed by atoms with Gasteiger partial charge in [0.25, 0.3) is 0 Å². The van der Waals surface area contributed by atoms with Gasteiger partial charge in [-0.3, -0.25) is 9.79 Å². The molecule has 1 rings (SSSR count). The van der Waals surface area contributed by atoms with Crippen molar-refractivity contribution < 1.29 is 4.79 Å². The van der Waals surface area contributed by atoms with E-state index in [1.165, 1.54) is 0 Å². The van der Waals surface area contributed by atoms with E-state index in [0.29, 0.717) is 13.1 Å². The number of carbonyl (C=O) groups excluding carboxylic acids is 1. The molecular formula is C15H28N4O. The summed E-state index contributed by atoms with van der Waals surface area (Å²) in [6.45, 7) is 7.74. The summed E-state index contributed by atoms with van der Waals surface area (Å²) in [6, 6.07) is 0. The van der Waals surface area contributed by atoms with Crippen molar-refractivity contribution in [3.63, 3.8) is 0 Å². The zero-order valence-electron chi connectivity index (χ0n) is 13.0. The number of nitrogens with zero attached hydrogens (tertiary/aromatic N) is 2. The average molecular weight is 280 g/mol. The summed E-state index contributed by atoms with van der Waals surface area (Å²) in [5.41, 5.74) is -0.306. The van der Waals surface area contributed by atoms with Gasteiger partial charge in [0, 0.05) is 27.2 Å². The number of carbonyl (C=O) groups is 1. The van der Waals surface area contributed by atoms with Crippen LogP contribution in [0.4, 0.5) is 0 Å². The van der Waals surface area contributed by atoms with Crippen LogP contribution in [-0.4, -0.2) is 50.5 Å². The fourth-order valence-corrected chi connectivity index (χ4v) is 2.71. The molecule has 0 aromatic carbocycles. The van der Waals surface area contributed by atoms with Crippen LogP contribution in [-0.2, 0) is 4.79 Å². The highest BCUT2D eigenvalue weighted by atomic mass is 16.2. The Morgan fingerprint density at radius 1 is 1.35 bits per heavy atom. The Morgan fingerprint density at radius 3 is 2.50 bits per heavy atom. The molecule has 1 amide bonds. The second kappa shape index (κ2) is 7.92. The lowest BCUT2D eigenvalue weighted by atomic mass is 9.85. The van der Waals surface area contributed by atoms with Gasteiger partial charge in [0.15, 0.2) is 5.96 Å². The van der Waals surface area contributed by atoms with Crippen molar-refractivity contribution in [1.82, 2.24) is 15.5 Å². The lowest BCUT2D eigenvalue weighted by Crippen LogP contribution is -2.43. The Morgan fingerprint density at radius 2 is 2.00 bits per heavy atom. The zero-order valence-corrected chi connectivity index (χ0v) is 13.0. The first-order chi connectivity index (χ1) is 9.55. The molecule has 0 heterocycles. The maximum absolute atomic E-state index is 12.5. The molecule has 20 heavy (non-hydrogen) atoms. The zero-order chi connectivity index (χ0) is 15.0. The number of rotatable bonds is 6. The number of amides is 1. The minimum absolute atomic E-state index is 0.207. The van der Waals surface area contributed by atoms with Crippen LogP contribution in [0.15, 0.2) is 17.6 Å². The lowest BCUT2D eigenvalue weighted by Gasteiger charge is -2.29. The molecule has 1 fully saturated rings. The standard InChI is InChI=1S/C15H28N4O/c1-5-11-17-14(16-6-2)18-12-15(9-7-8-10-15)13(20)19(3)4/h5H,1,6-12H2,2-4H3,(H2,16,17,18). The van der Waals surface area contributed by atoms with Gasteiger partial charge in [0.1, 0.15) is 0 Å². The summed E-state index contributed by atoms with van der Waals surface area (Å²) >= 11 is 0. The first kappa shape index (κ1) is 16.5. The number of nitrogens with one attached hydrogen (secondary N) is 2.